The van der Waals surface area contributed by atoms with Gasteiger partial charge < -0.3 is 20.1 Å². The molecule has 5 rings (SSSR count). The molecule has 0 saturated carbocycles. The Morgan fingerprint density at radius 3 is 2.81 bits per heavy atom. The van der Waals surface area contributed by atoms with Gasteiger partial charge in [-0.15, -0.1) is 0 Å². The van der Waals surface area contributed by atoms with Crippen molar-refractivity contribution in [1.82, 2.24) is 19.5 Å². The predicted octanol–water partition coefficient (Wildman–Crippen LogP) is 3.81. The second-order valence-corrected chi connectivity index (χ2v) is 7.11. The number of carboxylic acid groups (broad SMARTS) is 1. The molecular formula is C21H17FN6O3. The number of nitrogens with zero attached hydrogens (tertiary/aromatic N) is 5. The molecule has 0 atom stereocenters. The van der Waals surface area contributed by atoms with Gasteiger partial charge in [0.1, 0.15) is 23.6 Å². The number of pyridine rings is 1. The van der Waals surface area contributed by atoms with E-state index in [0.717, 1.165) is 5.69 Å². The number of halogens is 1. The maximum atomic E-state index is 15.0. The van der Waals surface area contributed by atoms with Gasteiger partial charge in [0.15, 0.2) is 11.6 Å². The largest absolute Gasteiger partial charge is 0.465 e. The molecule has 1 aromatic carbocycles. The highest BCUT2D eigenvalue weighted by Gasteiger charge is 2.33. The summed E-state index contributed by atoms with van der Waals surface area (Å²) in [6, 6.07) is 9.62. The SMILES string of the molecule is Cc1cccc(Oc2ccc(-c3c4n(c5ncnc(N)c35)CCN4C(=O)O)cc2F)n1. The van der Waals surface area contributed by atoms with Crippen molar-refractivity contribution >= 4 is 28.8 Å². The Labute approximate surface area is 175 Å². The van der Waals surface area contributed by atoms with Gasteiger partial charge in [0.25, 0.3) is 0 Å². The van der Waals surface area contributed by atoms with Gasteiger partial charge >= 0.3 is 6.09 Å². The van der Waals surface area contributed by atoms with Gasteiger partial charge in [-0.25, -0.2) is 24.1 Å². The number of hydrogen-bond donors (Lipinski definition) is 2. The quantitative estimate of drug-likeness (QED) is 0.517. The zero-order valence-electron chi connectivity index (χ0n) is 16.4. The molecule has 0 bridgehead atoms. The summed E-state index contributed by atoms with van der Waals surface area (Å²) in [7, 11) is 0. The van der Waals surface area contributed by atoms with Crippen molar-refractivity contribution in [3.05, 3.63) is 54.2 Å². The first kappa shape index (κ1) is 18.8. The van der Waals surface area contributed by atoms with E-state index in [2.05, 4.69) is 15.0 Å². The van der Waals surface area contributed by atoms with E-state index in [1.807, 2.05) is 13.0 Å². The molecule has 0 unspecified atom stereocenters. The minimum atomic E-state index is -1.11. The molecule has 4 aromatic rings. The molecule has 0 fully saturated rings. The molecule has 1 amide bonds. The van der Waals surface area contributed by atoms with Crippen LogP contribution in [0.15, 0.2) is 42.7 Å². The van der Waals surface area contributed by atoms with E-state index >= 15 is 0 Å². The van der Waals surface area contributed by atoms with Crippen LogP contribution in [0.3, 0.4) is 0 Å². The number of nitrogen functional groups attached to an aromatic ring is 1. The number of aromatic nitrogens is 4. The number of rotatable bonds is 3. The maximum Gasteiger partial charge on any atom is 0.413 e. The Morgan fingerprint density at radius 2 is 2.06 bits per heavy atom. The second kappa shape index (κ2) is 6.94. The summed E-state index contributed by atoms with van der Waals surface area (Å²) in [6.07, 6.45) is 0.213. The number of fused-ring (bicyclic) bond motifs is 3. The van der Waals surface area contributed by atoms with Crippen molar-refractivity contribution in [3.63, 3.8) is 0 Å². The lowest BCUT2D eigenvalue weighted by molar-refractivity contribution is 0.202. The third-order valence-corrected chi connectivity index (χ3v) is 5.17. The number of nitrogens with two attached hydrogens (primary N) is 1. The van der Waals surface area contributed by atoms with Crippen LogP contribution in [0.25, 0.3) is 22.2 Å². The Hall–Kier alpha value is -4.21. The monoisotopic (exact) mass is 420 g/mol. The van der Waals surface area contributed by atoms with Crippen LogP contribution in [0.1, 0.15) is 5.69 Å². The number of aryl methyl sites for hydroxylation is 1. The van der Waals surface area contributed by atoms with Gasteiger partial charge in [-0.05, 0) is 30.7 Å². The van der Waals surface area contributed by atoms with Gasteiger partial charge in [0.05, 0.1) is 5.39 Å². The Balaban J connectivity index is 1.65. The highest BCUT2D eigenvalue weighted by molar-refractivity contribution is 6.10. The molecule has 0 saturated heterocycles. The first-order valence-corrected chi connectivity index (χ1v) is 9.48. The number of carbonyl (C=O) groups is 1. The summed E-state index contributed by atoms with van der Waals surface area (Å²) in [5, 5.41) is 10.1. The fourth-order valence-corrected chi connectivity index (χ4v) is 3.87. The molecule has 1 aliphatic rings. The molecule has 0 spiro atoms. The topological polar surface area (TPSA) is 119 Å². The molecule has 3 aromatic heterocycles. The van der Waals surface area contributed by atoms with Crippen LogP contribution in [-0.4, -0.2) is 37.3 Å². The molecule has 3 N–H and O–H groups in total. The van der Waals surface area contributed by atoms with Crippen molar-refractivity contribution in [3.8, 4) is 22.8 Å². The molecule has 10 heteroatoms. The van der Waals surface area contributed by atoms with Crippen LogP contribution in [0.4, 0.5) is 20.8 Å². The number of anilines is 2. The van der Waals surface area contributed by atoms with Crippen LogP contribution < -0.4 is 15.4 Å². The van der Waals surface area contributed by atoms with E-state index in [0.29, 0.717) is 34.5 Å². The average Bonchev–Trinajstić information content (AvgIpc) is 3.29. The first-order valence-electron chi connectivity index (χ1n) is 9.48. The van der Waals surface area contributed by atoms with Crippen LogP contribution in [0, 0.1) is 12.7 Å². The number of amides is 1. The third kappa shape index (κ3) is 3.00. The Morgan fingerprint density at radius 1 is 1.23 bits per heavy atom. The smallest absolute Gasteiger partial charge is 0.413 e. The first-order chi connectivity index (χ1) is 14.9. The predicted molar refractivity (Wildman–Crippen MR) is 112 cm³/mol. The molecule has 1 aliphatic heterocycles. The van der Waals surface area contributed by atoms with E-state index in [-0.39, 0.29) is 24.0 Å². The minimum absolute atomic E-state index is 0.00122. The zero-order valence-corrected chi connectivity index (χ0v) is 16.4. The van der Waals surface area contributed by atoms with Crippen molar-refractivity contribution in [2.45, 2.75) is 13.5 Å². The van der Waals surface area contributed by atoms with Gasteiger partial charge in [-0.3, -0.25) is 4.90 Å². The van der Waals surface area contributed by atoms with Crippen LogP contribution in [0.5, 0.6) is 11.6 Å². The molecule has 0 aliphatic carbocycles. The fraction of sp³-hybridized carbons (Fsp3) is 0.143. The lowest BCUT2D eigenvalue weighted by Gasteiger charge is -2.14. The van der Waals surface area contributed by atoms with Crippen molar-refractivity contribution in [2.75, 3.05) is 17.2 Å². The molecular weight excluding hydrogens is 403 g/mol. The Kier molecular flexibility index (Phi) is 4.21. The van der Waals surface area contributed by atoms with Crippen molar-refractivity contribution in [2.24, 2.45) is 0 Å². The maximum absolute atomic E-state index is 15.0. The van der Waals surface area contributed by atoms with Gasteiger partial charge in [0.2, 0.25) is 5.88 Å². The van der Waals surface area contributed by atoms with E-state index < -0.39 is 11.9 Å². The van der Waals surface area contributed by atoms with E-state index in [1.165, 1.54) is 23.4 Å². The van der Waals surface area contributed by atoms with Crippen LogP contribution in [-0.2, 0) is 6.54 Å². The minimum Gasteiger partial charge on any atom is -0.465 e. The highest BCUT2D eigenvalue weighted by Crippen LogP contribution is 2.44. The van der Waals surface area contributed by atoms with Gasteiger partial charge in [-0.2, -0.15) is 0 Å². The highest BCUT2D eigenvalue weighted by atomic mass is 19.1. The number of hydrogen-bond acceptors (Lipinski definition) is 6. The number of ether oxygens (including phenoxy) is 1. The molecule has 31 heavy (non-hydrogen) atoms. The van der Waals surface area contributed by atoms with Gasteiger partial charge in [0, 0.05) is 30.4 Å². The molecule has 4 heterocycles. The lowest BCUT2D eigenvalue weighted by atomic mass is 10.0. The van der Waals surface area contributed by atoms with Crippen LogP contribution in [0.2, 0.25) is 0 Å². The summed E-state index contributed by atoms with van der Waals surface area (Å²) >= 11 is 0. The third-order valence-electron chi connectivity index (χ3n) is 5.17. The summed E-state index contributed by atoms with van der Waals surface area (Å²) in [5.74, 6) is 0.238. The Bertz CT molecular complexity index is 1350. The van der Waals surface area contributed by atoms with Gasteiger partial charge in [-0.1, -0.05) is 12.1 Å². The van der Waals surface area contributed by atoms with E-state index in [1.54, 1.807) is 22.8 Å². The normalized spacial score (nSPS) is 12.9. The van der Waals surface area contributed by atoms with E-state index in [9.17, 15) is 14.3 Å². The zero-order chi connectivity index (χ0) is 21.7. The van der Waals surface area contributed by atoms with E-state index in [4.69, 9.17) is 10.5 Å². The summed E-state index contributed by atoms with van der Waals surface area (Å²) in [6.45, 7) is 2.49. The molecule has 0 radical (unpaired) electrons. The number of benzene rings is 1. The van der Waals surface area contributed by atoms with Crippen molar-refractivity contribution in [1.29, 1.82) is 0 Å². The fourth-order valence-electron chi connectivity index (χ4n) is 3.87. The van der Waals surface area contributed by atoms with Crippen LogP contribution >= 0.6 is 0 Å². The second-order valence-electron chi connectivity index (χ2n) is 7.11. The summed E-state index contributed by atoms with van der Waals surface area (Å²) in [4.78, 5) is 25.5. The standard InChI is InChI=1S/C21H17FN6O3/c1-11-3-2-4-15(26-11)31-14-6-5-12(9-13(14)22)16-17-18(23)24-10-25-19(17)27-7-8-28(20(16)27)21(29)30/h2-6,9-10H,7-8H2,1H3,(H,29,30)(H2,23,24,25). The molecule has 9 nitrogen and oxygen atoms in total. The average molecular weight is 420 g/mol. The lowest BCUT2D eigenvalue weighted by Crippen LogP contribution is -2.27. The summed E-state index contributed by atoms with van der Waals surface area (Å²) < 4.78 is 22.3. The van der Waals surface area contributed by atoms with Crippen molar-refractivity contribution < 1.29 is 19.0 Å². The molecule has 156 valence electrons. The summed E-state index contributed by atoms with van der Waals surface area (Å²) in [5.41, 5.74) is 8.26.